The molecule has 1 rings (SSSR count). The highest BCUT2D eigenvalue weighted by molar-refractivity contribution is 6.51. The third kappa shape index (κ3) is 2.01. The Morgan fingerprint density at radius 1 is 1.45 bits per heavy atom. The van der Waals surface area contributed by atoms with E-state index < -0.39 is 4.33 Å². The predicted molar refractivity (Wildman–Crippen MR) is 48.3 cm³/mol. The lowest BCUT2D eigenvalue weighted by atomic mass is 10.1. The van der Waals surface area contributed by atoms with Crippen molar-refractivity contribution in [2.75, 3.05) is 13.2 Å². The molecular weight excluding hydrogens is 183 g/mol. The fourth-order valence-electron chi connectivity index (χ4n) is 1.16. The highest BCUT2D eigenvalue weighted by atomic mass is 35.5. The smallest absolute Gasteiger partial charge is 0.124 e. The average molecular weight is 197 g/mol. The maximum atomic E-state index is 5.94. The van der Waals surface area contributed by atoms with Crippen molar-refractivity contribution in [3.63, 3.8) is 0 Å². The van der Waals surface area contributed by atoms with Crippen molar-refractivity contribution >= 4 is 23.2 Å². The molecule has 0 aromatic heterocycles. The van der Waals surface area contributed by atoms with Crippen LogP contribution in [0.4, 0.5) is 0 Å². The van der Waals surface area contributed by atoms with Gasteiger partial charge in [-0.25, -0.2) is 0 Å². The molecule has 1 aliphatic rings. The summed E-state index contributed by atoms with van der Waals surface area (Å²) in [6, 6.07) is 0. The molecular formula is C8H14Cl2O. The maximum Gasteiger partial charge on any atom is 0.124 e. The Morgan fingerprint density at radius 3 is 2.36 bits per heavy atom. The molecule has 0 spiro atoms. The van der Waals surface area contributed by atoms with Gasteiger partial charge >= 0.3 is 0 Å². The first-order valence-electron chi connectivity index (χ1n) is 3.97. The molecule has 1 atom stereocenters. The third-order valence-corrected chi connectivity index (χ3v) is 3.55. The quantitative estimate of drug-likeness (QED) is 0.497. The first kappa shape index (κ1) is 9.63. The van der Waals surface area contributed by atoms with E-state index in [0.29, 0.717) is 0 Å². The van der Waals surface area contributed by atoms with Gasteiger partial charge in [0.2, 0.25) is 0 Å². The molecule has 0 aromatic carbocycles. The Labute approximate surface area is 78.0 Å². The van der Waals surface area contributed by atoms with Crippen LogP contribution < -0.4 is 0 Å². The van der Waals surface area contributed by atoms with Gasteiger partial charge in [-0.2, -0.15) is 0 Å². The lowest BCUT2D eigenvalue weighted by Crippen LogP contribution is -2.08. The summed E-state index contributed by atoms with van der Waals surface area (Å²) in [6.45, 7) is 5.64. The summed E-state index contributed by atoms with van der Waals surface area (Å²) < 4.78 is 4.74. The van der Waals surface area contributed by atoms with E-state index >= 15 is 0 Å². The van der Waals surface area contributed by atoms with Gasteiger partial charge in [0.15, 0.2) is 0 Å². The minimum absolute atomic E-state index is 0.102. The van der Waals surface area contributed by atoms with Crippen molar-refractivity contribution in [1.29, 1.82) is 0 Å². The molecule has 1 unspecified atom stereocenters. The second-order valence-corrected chi connectivity index (χ2v) is 4.87. The zero-order chi connectivity index (χ0) is 8.54. The molecule has 66 valence electrons. The van der Waals surface area contributed by atoms with Crippen LogP contribution in [0, 0.1) is 5.41 Å². The first-order valence-corrected chi connectivity index (χ1v) is 4.73. The van der Waals surface area contributed by atoms with Gasteiger partial charge < -0.3 is 4.74 Å². The molecule has 0 radical (unpaired) electrons. The molecule has 0 N–H and O–H groups in total. The molecule has 1 fully saturated rings. The molecule has 1 saturated carbocycles. The van der Waals surface area contributed by atoms with Crippen LogP contribution in [0.3, 0.4) is 0 Å². The topological polar surface area (TPSA) is 9.23 Å². The summed E-state index contributed by atoms with van der Waals surface area (Å²) in [7, 11) is 0. The van der Waals surface area contributed by atoms with Crippen LogP contribution in [-0.2, 0) is 4.74 Å². The molecule has 1 nitrogen and oxygen atoms in total. The van der Waals surface area contributed by atoms with Gasteiger partial charge in [0, 0.05) is 18.6 Å². The van der Waals surface area contributed by atoms with Crippen LogP contribution in [0.2, 0.25) is 0 Å². The molecule has 0 aliphatic heterocycles. The third-order valence-electron chi connectivity index (χ3n) is 2.37. The van der Waals surface area contributed by atoms with E-state index in [1.165, 1.54) is 0 Å². The van der Waals surface area contributed by atoms with Crippen LogP contribution in [0.25, 0.3) is 0 Å². The van der Waals surface area contributed by atoms with E-state index in [1.54, 1.807) is 0 Å². The second-order valence-electron chi connectivity index (χ2n) is 3.39. The Morgan fingerprint density at radius 2 is 2.00 bits per heavy atom. The predicted octanol–water partition coefficient (Wildman–Crippen LogP) is 3.00. The van der Waals surface area contributed by atoms with Gasteiger partial charge in [0.1, 0.15) is 4.33 Å². The average Bonchev–Trinajstić information content (AvgIpc) is 2.33. The van der Waals surface area contributed by atoms with Crippen molar-refractivity contribution in [3.8, 4) is 0 Å². The number of ether oxygens (including phenoxy) is 1. The second kappa shape index (κ2) is 3.12. The van der Waals surface area contributed by atoms with E-state index in [0.717, 1.165) is 26.1 Å². The number of alkyl halides is 2. The zero-order valence-corrected chi connectivity index (χ0v) is 8.50. The van der Waals surface area contributed by atoms with Crippen LogP contribution in [-0.4, -0.2) is 17.5 Å². The highest BCUT2D eigenvalue weighted by Gasteiger charge is 2.62. The Bertz CT molecular complexity index is 147. The molecule has 0 aromatic rings. The summed E-state index contributed by atoms with van der Waals surface area (Å²) in [5.74, 6) is 0. The van der Waals surface area contributed by atoms with Gasteiger partial charge in [0.25, 0.3) is 0 Å². The van der Waals surface area contributed by atoms with E-state index in [2.05, 4.69) is 6.92 Å². The normalized spacial score (nSPS) is 33.8. The number of rotatable bonds is 4. The van der Waals surface area contributed by atoms with E-state index in [-0.39, 0.29) is 5.41 Å². The maximum absolute atomic E-state index is 5.94. The monoisotopic (exact) mass is 196 g/mol. The van der Waals surface area contributed by atoms with Crippen LogP contribution in [0.15, 0.2) is 0 Å². The molecule has 0 saturated heterocycles. The van der Waals surface area contributed by atoms with Crippen molar-refractivity contribution < 1.29 is 4.74 Å². The van der Waals surface area contributed by atoms with Crippen molar-refractivity contribution in [2.24, 2.45) is 5.41 Å². The van der Waals surface area contributed by atoms with Crippen LogP contribution in [0.1, 0.15) is 26.7 Å². The van der Waals surface area contributed by atoms with Gasteiger partial charge in [0.05, 0.1) is 0 Å². The molecule has 0 amide bonds. The summed E-state index contributed by atoms with van der Waals surface area (Å²) in [6.07, 6.45) is 1.87. The lowest BCUT2D eigenvalue weighted by molar-refractivity contribution is 0.130. The molecule has 1 aliphatic carbocycles. The Hall–Kier alpha value is 0.540. The largest absolute Gasteiger partial charge is 0.382 e. The highest BCUT2D eigenvalue weighted by Crippen LogP contribution is 2.65. The Balaban J connectivity index is 2.18. The van der Waals surface area contributed by atoms with Gasteiger partial charge in [-0.05, 0) is 19.8 Å². The van der Waals surface area contributed by atoms with Gasteiger partial charge in [-0.1, -0.05) is 6.92 Å². The van der Waals surface area contributed by atoms with E-state index in [4.69, 9.17) is 27.9 Å². The molecule has 0 heterocycles. The van der Waals surface area contributed by atoms with Crippen molar-refractivity contribution in [1.82, 2.24) is 0 Å². The number of halogens is 2. The van der Waals surface area contributed by atoms with Crippen LogP contribution in [0.5, 0.6) is 0 Å². The first-order chi connectivity index (χ1) is 5.02. The zero-order valence-electron chi connectivity index (χ0n) is 6.99. The standard InChI is InChI=1S/C8H14Cl2O/c1-3-11-5-4-7(2)6-8(7,9)10/h3-6H2,1-2H3. The fraction of sp³-hybridized carbons (Fsp3) is 1.00. The molecule has 11 heavy (non-hydrogen) atoms. The van der Waals surface area contributed by atoms with E-state index in [1.807, 2.05) is 6.92 Å². The lowest BCUT2D eigenvalue weighted by Gasteiger charge is -2.10. The summed E-state index contributed by atoms with van der Waals surface area (Å²) in [5.41, 5.74) is 0.102. The van der Waals surface area contributed by atoms with Gasteiger partial charge in [-0.15, -0.1) is 23.2 Å². The number of hydrogen-bond donors (Lipinski definition) is 0. The molecule has 3 heteroatoms. The summed E-state index contributed by atoms with van der Waals surface area (Å²) >= 11 is 11.9. The minimum Gasteiger partial charge on any atom is -0.382 e. The Kier molecular flexibility index (Phi) is 2.73. The van der Waals surface area contributed by atoms with Gasteiger partial charge in [-0.3, -0.25) is 0 Å². The summed E-state index contributed by atoms with van der Waals surface area (Å²) in [5, 5.41) is 0. The summed E-state index contributed by atoms with van der Waals surface area (Å²) in [4.78, 5) is 0. The van der Waals surface area contributed by atoms with E-state index in [9.17, 15) is 0 Å². The number of hydrogen-bond acceptors (Lipinski definition) is 1. The SMILES string of the molecule is CCOCCC1(C)CC1(Cl)Cl. The van der Waals surface area contributed by atoms with Crippen molar-refractivity contribution in [2.45, 2.75) is 31.0 Å². The minimum atomic E-state index is -0.482. The molecule has 0 bridgehead atoms. The fourth-order valence-corrected chi connectivity index (χ4v) is 1.94. The van der Waals surface area contributed by atoms with Crippen LogP contribution >= 0.6 is 23.2 Å². The van der Waals surface area contributed by atoms with Crippen molar-refractivity contribution in [3.05, 3.63) is 0 Å².